The van der Waals surface area contributed by atoms with Crippen LogP contribution in [-0.4, -0.2) is 18.5 Å². The van der Waals surface area contributed by atoms with Gasteiger partial charge in [0, 0.05) is 23.9 Å². The molecule has 2 aromatic rings. The molecule has 1 aliphatic carbocycles. The van der Waals surface area contributed by atoms with Crippen molar-refractivity contribution in [2.45, 2.75) is 31.2 Å². The second kappa shape index (κ2) is 6.92. The van der Waals surface area contributed by atoms with Crippen LogP contribution in [0.5, 0.6) is 0 Å². The van der Waals surface area contributed by atoms with Gasteiger partial charge in [0.25, 0.3) is 0 Å². The summed E-state index contributed by atoms with van der Waals surface area (Å²) in [5.41, 5.74) is 6.99. The molecule has 0 amide bonds. The molecule has 0 atom stereocenters. The predicted molar refractivity (Wildman–Crippen MR) is 89.8 cm³/mol. The molecule has 0 unspecified atom stereocenters. The highest BCUT2D eigenvalue weighted by molar-refractivity contribution is 7.09. The van der Waals surface area contributed by atoms with Crippen molar-refractivity contribution in [1.82, 2.24) is 5.32 Å². The zero-order valence-corrected chi connectivity index (χ0v) is 13.2. The van der Waals surface area contributed by atoms with Crippen LogP contribution in [0.15, 0.2) is 46.8 Å². The van der Waals surface area contributed by atoms with Gasteiger partial charge in [-0.2, -0.15) is 0 Å². The van der Waals surface area contributed by atoms with Gasteiger partial charge < -0.3 is 11.1 Å². The molecule has 0 aliphatic heterocycles. The lowest BCUT2D eigenvalue weighted by molar-refractivity contribution is 0.323. The molecule has 0 spiro atoms. The van der Waals surface area contributed by atoms with Gasteiger partial charge in [-0.3, -0.25) is 4.99 Å². The molecule has 1 fully saturated rings. The number of rotatable bonds is 5. The third-order valence-electron chi connectivity index (χ3n) is 4.03. The zero-order chi connectivity index (χ0) is 15.4. The Morgan fingerprint density at radius 2 is 2.18 bits per heavy atom. The fourth-order valence-electron chi connectivity index (χ4n) is 2.76. The minimum atomic E-state index is -0.163. The van der Waals surface area contributed by atoms with E-state index in [1.54, 1.807) is 23.5 Å². The summed E-state index contributed by atoms with van der Waals surface area (Å²) in [6, 6.07) is 11.4. The van der Waals surface area contributed by atoms with Crippen LogP contribution in [0, 0.1) is 5.82 Å². The van der Waals surface area contributed by atoms with Gasteiger partial charge in [-0.15, -0.1) is 11.3 Å². The van der Waals surface area contributed by atoms with Gasteiger partial charge in [-0.1, -0.05) is 18.2 Å². The number of aliphatic imine (C=N–C) groups is 1. The van der Waals surface area contributed by atoms with Crippen molar-refractivity contribution in [3.63, 3.8) is 0 Å². The average Bonchev–Trinajstić information content (AvgIpc) is 2.95. The van der Waals surface area contributed by atoms with Crippen LogP contribution in [0.3, 0.4) is 0 Å². The Hall–Kier alpha value is -1.88. The predicted octanol–water partition coefficient (Wildman–Crippen LogP) is 3.28. The van der Waals surface area contributed by atoms with Gasteiger partial charge in [0.2, 0.25) is 0 Å². The first-order chi connectivity index (χ1) is 10.7. The van der Waals surface area contributed by atoms with Crippen LogP contribution in [0.1, 0.15) is 29.2 Å². The number of hydrogen-bond donors (Lipinski definition) is 2. The summed E-state index contributed by atoms with van der Waals surface area (Å²) in [5.74, 6) is 0.773. The Morgan fingerprint density at radius 3 is 2.91 bits per heavy atom. The molecule has 0 bridgehead atoms. The summed E-state index contributed by atoms with van der Waals surface area (Å²) in [4.78, 5) is 5.69. The van der Waals surface area contributed by atoms with E-state index < -0.39 is 0 Å². The Bertz CT molecular complexity index is 633. The highest BCUT2D eigenvalue weighted by atomic mass is 32.1. The average molecular weight is 317 g/mol. The lowest BCUT2D eigenvalue weighted by Gasteiger charge is -2.36. The largest absolute Gasteiger partial charge is 0.370 e. The number of nitrogens with zero attached hydrogens (tertiary/aromatic N) is 1. The van der Waals surface area contributed by atoms with E-state index in [-0.39, 0.29) is 5.82 Å². The van der Waals surface area contributed by atoms with Gasteiger partial charge in [-0.25, -0.2) is 4.39 Å². The number of halogens is 1. The molecule has 1 saturated carbocycles. The smallest absolute Gasteiger partial charge is 0.188 e. The van der Waals surface area contributed by atoms with Gasteiger partial charge >= 0.3 is 0 Å². The van der Waals surface area contributed by atoms with E-state index in [1.807, 2.05) is 12.1 Å². The molecule has 1 aromatic heterocycles. The first-order valence-electron chi connectivity index (χ1n) is 7.55. The minimum Gasteiger partial charge on any atom is -0.370 e. The lowest BCUT2D eigenvalue weighted by atomic mass is 9.76. The van der Waals surface area contributed by atoms with Crippen LogP contribution in [0.2, 0.25) is 0 Å². The van der Waals surface area contributed by atoms with E-state index in [1.165, 1.54) is 10.9 Å². The Balaban J connectivity index is 1.41. The molecule has 0 radical (unpaired) electrons. The monoisotopic (exact) mass is 317 g/mol. The summed E-state index contributed by atoms with van der Waals surface area (Å²) < 4.78 is 13.2. The van der Waals surface area contributed by atoms with Crippen molar-refractivity contribution in [3.05, 3.63) is 58.0 Å². The molecular formula is C17H20FN3S. The summed E-state index contributed by atoms with van der Waals surface area (Å²) >= 11 is 1.74. The fourth-order valence-corrected chi connectivity index (χ4v) is 3.46. The fraction of sp³-hybridized carbons (Fsp3) is 0.353. The summed E-state index contributed by atoms with van der Waals surface area (Å²) in [5, 5.41) is 5.32. The molecule has 1 heterocycles. The molecule has 3 rings (SSSR count). The van der Waals surface area contributed by atoms with E-state index in [0.29, 0.717) is 24.5 Å². The van der Waals surface area contributed by atoms with Gasteiger partial charge in [0.15, 0.2) is 5.96 Å². The van der Waals surface area contributed by atoms with E-state index in [0.717, 1.165) is 24.8 Å². The highest BCUT2D eigenvalue weighted by Gasteiger charge is 2.30. The van der Waals surface area contributed by atoms with E-state index >= 15 is 0 Å². The lowest BCUT2D eigenvalue weighted by Crippen LogP contribution is -2.46. The summed E-state index contributed by atoms with van der Waals surface area (Å²) in [7, 11) is 0. The molecule has 1 aliphatic rings. The number of benzene rings is 1. The van der Waals surface area contributed by atoms with Crippen molar-refractivity contribution in [2.75, 3.05) is 6.54 Å². The minimum absolute atomic E-state index is 0.163. The number of thiophene rings is 1. The van der Waals surface area contributed by atoms with Crippen molar-refractivity contribution < 1.29 is 4.39 Å². The van der Waals surface area contributed by atoms with Crippen LogP contribution in [0.4, 0.5) is 4.39 Å². The number of nitrogens with one attached hydrogen (secondary N) is 1. The van der Waals surface area contributed by atoms with Gasteiger partial charge in [0.05, 0.1) is 0 Å². The third kappa shape index (κ3) is 3.85. The third-order valence-corrected chi connectivity index (χ3v) is 4.97. The van der Waals surface area contributed by atoms with Crippen LogP contribution >= 0.6 is 11.3 Å². The highest BCUT2D eigenvalue weighted by Crippen LogP contribution is 2.36. The summed E-state index contributed by atoms with van der Waals surface area (Å²) in [6.07, 6.45) is 2.88. The number of guanidine groups is 1. The molecular weight excluding hydrogens is 297 g/mol. The first-order valence-corrected chi connectivity index (χ1v) is 8.43. The van der Waals surface area contributed by atoms with Gasteiger partial charge in [0.1, 0.15) is 5.82 Å². The van der Waals surface area contributed by atoms with Crippen LogP contribution in [0.25, 0.3) is 0 Å². The van der Waals surface area contributed by atoms with Crippen LogP contribution < -0.4 is 11.1 Å². The van der Waals surface area contributed by atoms with E-state index in [2.05, 4.69) is 21.8 Å². The van der Waals surface area contributed by atoms with E-state index in [4.69, 9.17) is 5.73 Å². The maximum absolute atomic E-state index is 13.2. The quantitative estimate of drug-likeness (QED) is 0.657. The van der Waals surface area contributed by atoms with Gasteiger partial charge in [-0.05, 0) is 47.9 Å². The van der Waals surface area contributed by atoms with Crippen molar-refractivity contribution >= 4 is 17.3 Å². The Kier molecular flexibility index (Phi) is 4.73. The molecule has 1 aromatic carbocycles. The van der Waals surface area contributed by atoms with Crippen molar-refractivity contribution in [3.8, 4) is 0 Å². The Morgan fingerprint density at radius 1 is 1.32 bits per heavy atom. The molecule has 0 saturated heterocycles. The first kappa shape index (κ1) is 15.0. The zero-order valence-electron chi connectivity index (χ0n) is 12.3. The number of nitrogens with two attached hydrogens (primary N) is 1. The molecule has 5 heteroatoms. The SMILES string of the molecule is NC(=NCCc1cccs1)NC1CC(c2cccc(F)c2)C1. The normalized spacial score (nSPS) is 21.4. The molecule has 3 N–H and O–H groups in total. The molecule has 3 nitrogen and oxygen atoms in total. The van der Waals surface area contributed by atoms with Crippen molar-refractivity contribution in [2.24, 2.45) is 10.7 Å². The molecule has 116 valence electrons. The number of hydrogen-bond acceptors (Lipinski definition) is 2. The van der Waals surface area contributed by atoms with Crippen LogP contribution in [-0.2, 0) is 6.42 Å². The maximum atomic E-state index is 13.2. The second-order valence-electron chi connectivity index (χ2n) is 5.66. The second-order valence-corrected chi connectivity index (χ2v) is 6.69. The standard InChI is InChI=1S/C17H20FN3S/c18-14-4-1-3-12(9-14)13-10-15(11-13)21-17(19)20-7-6-16-5-2-8-22-16/h1-5,8-9,13,15H,6-7,10-11H2,(H3,19,20,21). The Labute approximate surface area is 134 Å². The maximum Gasteiger partial charge on any atom is 0.188 e. The summed E-state index contributed by atoms with van der Waals surface area (Å²) in [6.45, 7) is 0.708. The van der Waals surface area contributed by atoms with E-state index in [9.17, 15) is 4.39 Å². The topological polar surface area (TPSA) is 50.4 Å². The molecule has 22 heavy (non-hydrogen) atoms. The van der Waals surface area contributed by atoms with Crippen molar-refractivity contribution in [1.29, 1.82) is 0 Å².